The molecule has 4 aromatic rings. The molecule has 2 heterocycles. The van der Waals surface area contributed by atoms with E-state index in [0.29, 0.717) is 4.31 Å². The lowest BCUT2D eigenvalue weighted by Crippen LogP contribution is -2.30. The number of ether oxygens (including phenoxy) is 2. The van der Waals surface area contributed by atoms with Crippen molar-refractivity contribution in [2.75, 3.05) is 16.2 Å². The summed E-state index contributed by atoms with van der Waals surface area (Å²) in [6, 6.07) is 19.3. The van der Waals surface area contributed by atoms with Gasteiger partial charge in [0, 0.05) is 11.6 Å². The smallest absolute Gasteiger partial charge is 0.414 e. The highest BCUT2D eigenvalue weighted by Gasteiger charge is 2.38. The molecule has 0 atom stereocenters. The fourth-order valence-electron chi connectivity index (χ4n) is 3.74. The summed E-state index contributed by atoms with van der Waals surface area (Å²) in [5, 5.41) is 2.50. The van der Waals surface area contributed by atoms with Gasteiger partial charge in [-0.15, -0.1) is 0 Å². The van der Waals surface area contributed by atoms with Crippen molar-refractivity contribution >= 4 is 44.7 Å². The van der Waals surface area contributed by atoms with Crippen LogP contribution < -0.4 is 19.1 Å². The Morgan fingerprint density at radius 2 is 1.71 bits per heavy atom. The molecule has 1 aliphatic heterocycles. The summed E-state index contributed by atoms with van der Waals surface area (Å²) in [6.07, 6.45) is 0.382. The molecular weight excluding hydrogens is 517 g/mol. The first kappa shape index (κ1) is 24.9. The highest BCUT2D eigenvalue weighted by Crippen LogP contribution is 2.39. The van der Waals surface area contributed by atoms with E-state index in [1.54, 1.807) is 48.5 Å². The molecule has 1 aromatic heterocycles. The number of aromatic nitrogens is 2. The van der Waals surface area contributed by atoms with E-state index < -0.39 is 40.3 Å². The lowest BCUT2D eigenvalue weighted by atomic mass is 10.2. The Morgan fingerprint density at radius 3 is 2.34 bits per heavy atom. The van der Waals surface area contributed by atoms with Gasteiger partial charge in [0.1, 0.15) is 36.7 Å². The van der Waals surface area contributed by atoms with Gasteiger partial charge >= 0.3 is 16.3 Å². The second kappa shape index (κ2) is 10.3. The van der Waals surface area contributed by atoms with Crippen molar-refractivity contribution < 1.29 is 31.9 Å². The zero-order chi connectivity index (χ0) is 26.7. The molecule has 2 amide bonds. The molecule has 0 radical (unpaired) electrons. The second-order valence-corrected chi connectivity index (χ2v) is 9.76. The van der Waals surface area contributed by atoms with Gasteiger partial charge in [-0.3, -0.25) is 10.1 Å². The third-order valence-electron chi connectivity index (χ3n) is 5.49. The number of carbonyl (C=O) groups excluding carboxylic acids is 2. The lowest BCUT2D eigenvalue weighted by molar-refractivity contribution is -0.117. The number of halogens is 1. The summed E-state index contributed by atoms with van der Waals surface area (Å²) in [5.41, 5.74) is 0.719. The minimum atomic E-state index is -4.37. The van der Waals surface area contributed by atoms with Gasteiger partial charge in [0.2, 0.25) is 5.95 Å². The van der Waals surface area contributed by atoms with E-state index in [9.17, 15) is 18.0 Å². The van der Waals surface area contributed by atoms with Crippen LogP contribution in [-0.4, -0.2) is 36.9 Å². The topological polar surface area (TPSA) is 140 Å². The predicted molar refractivity (Wildman–Crippen MR) is 135 cm³/mol. The summed E-state index contributed by atoms with van der Waals surface area (Å²) in [7, 11) is -4.37. The number of anilines is 2. The number of benzene rings is 3. The third kappa shape index (κ3) is 5.32. The minimum Gasteiger partial charge on any atom is -0.487 e. The molecule has 3 aromatic carbocycles. The van der Waals surface area contributed by atoms with Crippen LogP contribution in [0.4, 0.5) is 20.8 Å². The minimum absolute atomic E-state index is 0.00179. The molecule has 0 spiro atoms. The summed E-state index contributed by atoms with van der Waals surface area (Å²) >= 11 is 0. The number of amides is 2. The number of fused-ring (bicyclic) bond motifs is 1. The van der Waals surface area contributed by atoms with Crippen molar-refractivity contribution in [1.29, 1.82) is 0 Å². The van der Waals surface area contributed by atoms with Crippen LogP contribution in [0.25, 0.3) is 10.9 Å². The summed E-state index contributed by atoms with van der Waals surface area (Å²) in [4.78, 5) is 32.2. The van der Waals surface area contributed by atoms with Crippen LogP contribution in [-0.2, 0) is 33.0 Å². The van der Waals surface area contributed by atoms with Crippen molar-refractivity contribution in [3.63, 3.8) is 0 Å². The van der Waals surface area contributed by atoms with Crippen LogP contribution in [0.15, 0.2) is 72.9 Å². The van der Waals surface area contributed by atoms with Crippen LogP contribution in [0.5, 0.6) is 5.75 Å². The molecule has 0 bridgehead atoms. The number of hydrogen-bond donors (Lipinski definition) is 2. The number of nitrogens with zero attached hydrogens (tertiary/aromatic N) is 3. The maximum absolute atomic E-state index is 15.9. The number of carbonyl (C=O) groups is 2. The summed E-state index contributed by atoms with van der Waals surface area (Å²) in [5.74, 6) is -2.30. The van der Waals surface area contributed by atoms with Gasteiger partial charge in [-0.2, -0.15) is 8.42 Å². The van der Waals surface area contributed by atoms with Gasteiger partial charge in [0.05, 0.1) is 0 Å². The van der Waals surface area contributed by atoms with E-state index >= 15 is 4.39 Å². The summed E-state index contributed by atoms with van der Waals surface area (Å²) < 4.78 is 54.3. The number of hydrogen-bond acceptors (Lipinski definition) is 8. The van der Waals surface area contributed by atoms with E-state index in [-0.39, 0.29) is 35.8 Å². The SMILES string of the molecule is O=C1CN(c2c(OCc3ccccc3)cc3cnc(NC(=O)OCc4ccccc4)nc3c2F)S(=O)(=O)N1. The van der Waals surface area contributed by atoms with Crippen LogP contribution in [0.2, 0.25) is 0 Å². The average molecular weight is 538 g/mol. The van der Waals surface area contributed by atoms with Crippen LogP contribution in [0.3, 0.4) is 0 Å². The maximum Gasteiger partial charge on any atom is 0.414 e. The van der Waals surface area contributed by atoms with E-state index in [0.717, 1.165) is 11.1 Å². The van der Waals surface area contributed by atoms with Crippen molar-refractivity contribution in [2.24, 2.45) is 0 Å². The van der Waals surface area contributed by atoms with E-state index in [4.69, 9.17) is 9.47 Å². The van der Waals surface area contributed by atoms with Crippen LogP contribution in [0, 0.1) is 5.82 Å². The average Bonchev–Trinajstić information content (AvgIpc) is 3.19. The highest BCUT2D eigenvalue weighted by molar-refractivity contribution is 7.92. The second-order valence-electron chi connectivity index (χ2n) is 8.17. The van der Waals surface area contributed by atoms with Crippen LogP contribution >= 0.6 is 0 Å². The zero-order valence-corrected chi connectivity index (χ0v) is 20.4. The molecular formula is C25H20FN5O6S. The summed E-state index contributed by atoms with van der Waals surface area (Å²) in [6.45, 7) is -0.648. The van der Waals surface area contributed by atoms with Gasteiger partial charge in [0.15, 0.2) is 5.82 Å². The first-order valence-corrected chi connectivity index (χ1v) is 12.7. The van der Waals surface area contributed by atoms with Gasteiger partial charge in [-0.1, -0.05) is 60.7 Å². The van der Waals surface area contributed by atoms with Crippen molar-refractivity contribution in [1.82, 2.24) is 14.7 Å². The Kier molecular flexibility index (Phi) is 6.75. The third-order valence-corrected chi connectivity index (χ3v) is 6.86. The zero-order valence-electron chi connectivity index (χ0n) is 19.6. The molecule has 0 unspecified atom stereocenters. The number of rotatable bonds is 7. The maximum atomic E-state index is 15.9. The first-order chi connectivity index (χ1) is 18.3. The Bertz CT molecular complexity index is 1620. The largest absolute Gasteiger partial charge is 0.487 e. The fraction of sp³-hybridized carbons (Fsp3) is 0.120. The van der Waals surface area contributed by atoms with E-state index in [2.05, 4.69) is 15.3 Å². The highest BCUT2D eigenvalue weighted by atomic mass is 32.2. The standard InChI is InChI=1S/C25H20FN5O6S/c26-21-22-18(12-27-24(28-22)29-25(33)37-15-17-9-5-2-6-10-17)11-19(36-14-16-7-3-1-4-8-16)23(21)31-13-20(32)30-38(31,34)35/h1-12H,13-15H2,(H,30,32)(H,27,28,29,33). The molecule has 11 nitrogen and oxygen atoms in total. The van der Waals surface area contributed by atoms with Crippen molar-refractivity contribution in [2.45, 2.75) is 13.2 Å². The van der Waals surface area contributed by atoms with Gasteiger partial charge in [-0.25, -0.2) is 28.2 Å². The molecule has 5 rings (SSSR count). The molecule has 13 heteroatoms. The predicted octanol–water partition coefficient (Wildman–Crippen LogP) is 3.28. The van der Waals surface area contributed by atoms with Crippen molar-refractivity contribution in [3.8, 4) is 5.75 Å². The van der Waals surface area contributed by atoms with Gasteiger partial charge < -0.3 is 9.47 Å². The first-order valence-electron chi connectivity index (χ1n) is 11.3. The van der Waals surface area contributed by atoms with Crippen LogP contribution in [0.1, 0.15) is 11.1 Å². The Hall–Kier alpha value is -4.78. The molecule has 1 fully saturated rings. The Morgan fingerprint density at radius 1 is 1.05 bits per heavy atom. The van der Waals surface area contributed by atoms with Crippen molar-refractivity contribution in [3.05, 3.63) is 89.9 Å². The van der Waals surface area contributed by atoms with Gasteiger partial charge in [-0.05, 0) is 17.2 Å². The van der Waals surface area contributed by atoms with E-state index in [1.165, 1.54) is 12.3 Å². The molecule has 2 N–H and O–H groups in total. The lowest BCUT2D eigenvalue weighted by Gasteiger charge is -2.21. The Labute approximate surface area is 216 Å². The molecule has 1 saturated heterocycles. The molecule has 38 heavy (non-hydrogen) atoms. The fourth-order valence-corrected chi connectivity index (χ4v) is 4.90. The normalized spacial score (nSPS) is 14.2. The number of nitrogens with one attached hydrogen (secondary N) is 2. The monoisotopic (exact) mass is 537 g/mol. The Balaban J connectivity index is 1.47. The van der Waals surface area contributed by atoms with E-state index in [1.807, 2.05) is 16.9 Å². The van der Waals surface area contributed by atoms with Gasteiger partial charge in [0.25, 0.3) is 5.91 Å². The molecule has 1 aliphatic rings. The molecule has 0 aliphatic carbocycles. The molecule has 194 valence electrons. The molecule has 0 saturated carbocycles. The quantitative estimate of drug-likeness (QED) is 0.366.